The Bertz CT molecular complexity index is 4330. The fraction of sp³-hybridized carbons (Fsp3) is 0. The number of benzene rings is 10. The molecule has 0 unspecified atom stereocenters. The average Bonchev–Trinajstić information content (AvgIpc) is 3.97. The molecular weight excluding hydrogens is 879 g/mol. The fourth-order valence-electron chi connectivity index (χ4n) is 10.2. The maximum atomic E-state index is 10.5. The number of nitrogens with zero attached hydrogens (tertiary/aromatic N) is 7. The molecule has 7 heteroatoms. The van der Waals surface area contributed by atoms with Crippen molar-refractivity contribution in [2.45, 2.75) is 0 Å². The molecule has 0 saturated heterocycles. The van der Waals surface area contributed by atoms with E-state index in [9.17, 15) is 10.5 Å². The van der Waals surface area contributed by atoms with Crippen LogP contribution in [0, 0.1) is 22.7 Å². The summed E-state index contributed by atoms with van der Waals surface area (Å²) in [6.07, 6.45) is 0. The lowest BCUT2D eigenvalue weighted by Gasteiger charge is -2.18. The van der Waals surface area contributed by atoms with Crippen molar-refractivity contribution in [3.8, 4) is 91.1 Å². The molecule has 0 saturated carbocycles. The molecule has 0 aliphatic heterocycles. The van der Waals surface area contributed by atoms with Crippen molar-refractivity contribution in [1.29, 1.82) is 10.5 Å². The highest BCUT2D eigenvalue weighted by atomic mass is 15.1. The summed E-state index contributed by atoms with van der Waals surface area (Å²) in [5.74, 6) is 1.43. The molecule has 7 nitrogen and oxygen atoms in total. The fourth-order valence-corrected chi connectivity index (χ4v) is 10.2. The molecular formula is C65H39N7. The van der Waals surface area contributed by atoms with Crippen molar-refractivity contribution in [2.75, 3.05) is 0 Å². The lowest BCUT2D eigenvalue weighted by atomic mass is 9.99. The minimum Gasteiger partial charge on any atom is -0.309 e. The second-order valence-corrected chi connectivity index (χ2v) is 17.8. The number of para-hydroxylation sites is 2. The van der Waals surface area contributed by atoms with Crippen LogP contribution in [0.1, 0.15) is 11.1 Å². The second-order valence-electron chi connectivity index (χ2n) is 17.8. The molecule has 0 bridgehead atoms. The van der Waals surface area contributed by atoms with Gasteiger partial charge in [0.1, 0.15) is 0 Å². The van der Waals surface area contributed by atoms with Crippen molar-refractivity contribution in [3.05, 3.63) is 248 Å². The Labute approximate surface area is 415 Å². The van der Waals surface area contributed by atoms with Crippen LogP contribution in [0.3, 0.4) is 0 Å². The zero-order valence-electron chi connectivity index (χ0n) is 38.6. The quantitative estimate of drug-likeness (QED) is 0.151. The van der Waals surface area contributed by atoms with E-state index in [1.807, 2.05) is 84.9 Å². The summed E-state index contributed by atoms with van der Waals surface area (Å²) in [5, 5.41) is 24.6. The third-order valence-corrected chi connectivity index (χ3v) is 13.7. The minimum atomic E-state index is 0.453. The summed E-state index contributed by atoms with van der Waals surface area (Å²) in [5.41, 5.74) is 15.6. The summed E-state index contributed by atoms with van der Waals surface area (Å²) < 4.78 is 4.55. The number of aromatic nitrogens is 5. The van der Waals surface area contributed by atoms with E-state index < -0.39 is 0 Å². The number of fused-ring (bicyclic) bond motifs is 6. The second kappa shape index (κ2) is 17.4. The third kappa shape index (κ3) is 7.17. The van der Waals surface area contributed by atoms with Gasteiger partial charge in [0, 0.05) is 38.2 Å². The largest absolute Gasteiger partial charge is 0.309 e. The van der Waals surface area contributed by atoms with Gasteiger partial charge in [0.25, 0.3) is 0 Å². The Morgan fingerprint density at radius 1 is 0.278 bits per heavy atom. The third-order valence-electron chi connectivity index (χ3n) is 13.7. The lowest BCUT2D eigenvalue weighted by Crippen LogP contribution is -2.06. The van der Waals surface area contributed by atoms with E-state index in [1.165, 1.54) is 0 Å². The maximum absolute atomic E-state index is 10.5. The van der Waals surface area contributed by atoms with E-state index in [2.05, 4.69) is 173 Å². The summed E-state index contributed by atoms with van der Waals surface area (Å²) in [6.45, 7) is 0. The molecule has 0 fully saturated rings. The van der Waals surface area contributed by atoms with Crippen LogP contribution in [-0.2, 0) is 0 Å². The molecule has 0 aliphatic carbocycles. The van der Waals surface area contributed by atoms with Gasteiger partial charge in [0.15, 0.2) is 17.5 Å². The van der Waals surface area contributed by atoms with E-state index in [1.54, 1.807) is 0 Å². The zero-order chi connectivity index (χ0) is 48.1. The predicted molar refractivity (Wildman–Crippen MR) is 291 cm³/mol. The zero-order valence-corrected chi connectivity index (χ0v) is 38.6. The standard InChI is InChI=1S/C65H39N7/c66-40-42-24-27-46(28-25-42)50-31-35-61(71-57-22-12-10-20-51(57)54-37-48(29-33-59(54)71)44-14-4-1-5-15-44)56(39-50)65-69-63(47-18-8-3-9-19-47)68-64(70-65)53-32-26-43(41-67)36-62(53)72-58-23-13-11-21-52(58)55-38-49(30-34-60(55)72)45-16-6-2-7-17-45/h1-39H. The first-order chi connectivity index (χ1) is 35.6. The molecule has 3 heterocycles. The summed E-state index contributed by atoms with van der Waals surface area (Å²) >= 11 is 0. The molecule has 334 valence electrons. The van der Waals surface area contributed by atoms with Crippen molar-refractivity contribution in [3.63, 3.8) is 0 Å². The van der Waals surface area contributed by atoms with Gasteiger partial charge in [-0.1, -0.05) is 158 Å². The summed E-state index contributed by atoms with van der Waals surface area (Å²) in [7, 11) is 0. The number of rotatable bonds is 8. The Kier molecular flexibility index (Phi) is 10.1. The van der Waals surface area contributed by atoms with Crippen LogP contribution in [0.5, 0.6) is 0 Å². The molecule has 3 aromatic heterocycles. The van der Waals surface area contributed by atoms with Crippen LogP contribution in [0.25, 0.3) is 123 Å². The molecule has 0 N–H and O–H groups in total. The molecule has 10 aromatic carbocycles. The Hall–Kier alpha value is -10.2. The van der Waals surface area contributed by atoms with Gasteiger partial charge >= 0.3 is 0 Å². The van der Waals surface area contributed by atoms with Crippen molar-refractivity contribution in [1.82, 2.24) is 24.1 Å². The molecule has 72 heavy (non-hydrogen) atoms. The van der Waals surface area contributed by atoms with Gasteiger partial charge < -0.3 is 9.13 Å². The topological polar surface area (TPSA) is 96.1 Å². The van der Waals surface area contributed by atoms with E-state index in [0.717, 1.165) is 105 Å². The number of hydrogen-bond donors (Lipinski definition) is 0. The first-order valence-corrected chi connectivity index (χ1v) is 23.8. The molecule has 0 amide bonds. The molecule has 13 rings (SSSR count). The van der Waals surface area contributed by atoms with E-state index in [0.29, 0.717) is 28.6 Å². The van der Waals surface area contributed by atoms with Crippen LogP contribution < -0.4 is 0 Å². The van der Waals surface area contributed by atoms with Gasteiger partial charge in [-0.15, -0.1) is 0 Å². The molecule has 0 radical (unpaired) electrons. The Morgan fingerprint density at radius 2 is 0.694 bits per heavy atom. The summed E-state index contributed by atoms with van der Waals surface area (Å²) in [6, 6.07) is 85.6. The monoisotopic (exact) mass is 917 g/mol. The maximum Gasteiger partial charge on any atom is 0.166 e. The highest BCUT2D eigenvalue weighted by molar-refractivity contribution is 6.12. The van der Waals surface area contributed by atoms with Crippen molar-refractivity contribution in [2.24, 2.45) is 0 Å². The van der Waals surface area contributed by atoms with Crippen molar-refractivity contribution < 1.29 is 0 Å². The predicted octanol–water partition coefficient (Wildman–Crippen LogP) is 15.8. The van der Waals surface area contributed by atoms with Gasteiger partial charge in [-0.2, -0.15) is 10.5 Å². The smallest absolute Gasteiger partial charge is 0.166 e. The van der Waals surface area contributed by atoms with Gasteiger partial charge in [-0.05, 0) is 112 Å². The molecule has 0 spiro atoms. The van der Waals surface area contributed by atoms with Crippen LogP contribution in [-0.4, -0.2) is 24.1 Å². The van der Waals surface area contributed by atoms with E-state index in [4.69, 9.17) is 15.0 Å². The lowest BCUT2D eigenvalue weighted by molar-refractivity contribution is 1.06. The Balaban J connectivity index is 1.08. The van der Waals surface area contributed by atoms with E-state index >= 15 is 0 Å². The van der Waals surface area contributed by atoms with Gasteiger partial charge in [-0.3, -0.25) is 0 Å². The van der Waals surface area contributed by atoms with Gasteiger partial charge in [-0.25, -0.2) is 15.0 Å². The van der Waals surface area contributed by atoms with Crippen LogP contribution in [0.2, 0.25) is 0 Å². The normalized spacial score (nSPS) is 11.3. The highest BCUT2D eigenvalue weighted by Crippen LogP contribution is 2.42. The average molecular weight is 918 g/mol. The Morgan fingerprint density at radius 3 is 1.26 bits per heavy atom. The van der Waals surface area contributed by atoms with E-state index in [-0.39, 0.29) is 0 Å². The SMILES string of the molecule is N#Cc1ccc(-c2ccc(-n3c4ccccc4c4cc(-c5ccccc5)ccc43)c(-c3nc(-c4ccccc4)nc(-c4ccc(C#N)cc4-n4c5ccccc5c5cc(-c6ccccc6)ccc54)n3)c2)cc1. The van der Waals surface area contributed by atoms with Crippen LogP contribution in [0.15, 0.2) is 237 Å². The number of hydrogen-bond acceptors (Lipinski definition) is 5. The number of nitriles is 2. The molecule has 13 aromatic rings. The minimum absolute atomic E-state index is 0.453. The first-order valence-electron chi connectivity index (χ1n) is 23.8. The van der Waals surface area contributed by atoms with Gasteiger partial charge in [0.05, 0.1) is 56.7 Å². The highest BCUT2D eigenvalue weighted by Gasteiger charge is 2.24. The van der Waals surface area contributed by atoms with Gasteiger partial charge in [0.2, 0.25) is 0 Å². The van der Waals surface area contributed by atoms with Crippen molar-refractivity contribution >= 4 is 43.6 Å². The molecule has 0 aliphatic rings. The first kappa shape index (κ1) is 41.9. The van der Waals surface area contributed by atoms with Crippen LogP contribution >= 0.6 is 0 Å². The van der Waals surface area contributed by atoms with Crippen LogP contribution in [0.4, 0.5) is 0 Å². The summed E-state index contributed by atoms with van der Waals surface area (Å²) in [4.78, 5) is 16.2. The molecule has 0 atom stereocenters.